The second-order valence-corrected chi connectivity index (χ2v) is 5.40. The Labute approximate surface area is 131 Å². The first kappa shape index (κ1) is 14.0. The van der Waals surface area contributed by atoms with Gasteiger partial charge in [0.15, 0.2) is 5.76 Å². The van der Waals surface area contributed by atoms with Gasteiger partial charge in [0.05, 0.1) is 13.2 Å². The molecule has 1 amide bonds. The maximum atomic E-state index is 12.8. The van der Waals surface area contributed by atoms with Gasteiger partial charge in [-0.1, -0.05) is 18.2 Å². The van der Waals surface area contributed by atoms with E-state index in [4.69, 9.17) is 13.6 Å². The smallest absolute Gasteiger partial charge is 0.290 e. The fourth-order valence-corrected chi connectivity index (χ4v) is 2.73. The highest BCUT2D eigenvalue weighted by molar-refractivity contribution is 5.96. The van der Waals surface area contributed by atoms with Gasteiger partial charge < -0.3 is 18.5 Å². The van der Waals surface area contributed by atoms with Gasteiger partial charge in [-0.2, -0.15) is 0 Å². The molecule has 7 heteroatoms. The SMILES string of the molecule is Cc1nnc([C@@H]2COCCN2C(=O)c2cc3ccccc3o2)o1. The van der Waals surface area contributed by atoms with Gasteiger partial charge in [-0.3, -0.25) is 4.79 Å². The Morgan fingerprint density at radius 1 is 1.26 bits per heavy atom. The Morgan fingerprint density at radius 2 is 2.13 bits per heavy atom. The molecule has 23 heavy (non-hydrogen) atoms. The third kappa shape index (κ3) is 2.49. The number of ether oxygens (including phenoxy) is 1. The molecule has 1 fully saturated rings. The van der Waals surface area contributed by atoms with Gasteiger partial charge in [-0.25, -0.2) is 0 Å². The largest absolute Gasteiger partial charge is 0.451 e. The number of carbonyl (C=O) groups is 1. The first-order valence-corrected chi connectivity index (χ1v) is 7.39. The van der Waals surface area contributed by atoms with Crippen molar-refractivity contribution in [2.24, 2.45) is 0 Å². The molecule has 1 aliphatic heterocycles. The number of carbonyl (C=O) groups excluding carboxylic acids is 1. The molecule has 1 atom stereocenters. The second-order valence-electron chi connectivity index (χ2n) is 5.40. The fourth-order valence-electron chi connectivity index (χ4n) is 2.73. The summed E-state index contributed by atoms with van der Waals surface area (Å²) in [6, 6.07) is 8.89. The Morgan fingerprint density at radius 3 is 2.91 bits per heavy atom. The highest BCUT2D eigenvalue weighted by atomic mass is 16.5. The van der Waals surface area contributed by atoms with E-state index in [1.807, 2.05) is 24.3 Å². The molecule has 0 saturated carbocycles. The summed E-state index contributed by atoms with van der Waals surface area (Å²) in [6.45, 7) is 2.96. The van der Waals surface area contributed by atoms with Crippen LogP contribution in [0.4, 0.5) is 0 Å². The summed E-state index contributed by atoms with van der Waals surface area (Å²) in [5, 5.41) is 8.74. The van der Waals surface area contributed by atoms with Crippen molar-refractivity contribution in [3.05, 3.63) is 47.9 Å². The van der Waals surface area contributed by atoms with Gasteiger partial charge in [-0.15, -0.1) is 10.2 Å². The van der Waals surface area contributed by atoms with Crippen molar-refractivity contribution in [1.29, 1.82) is 0 Å². The zero-order valence-electron chi connectivity index (χ0n) is 12.6. The molecule has 3 heterocycles. The van der Waals surface area contributed by atoms with E-state index in [-0.39, 0.29) is 5.91 Å². The molecule has 0 aliphatic carbocycles. The Bertz CT molecular complexity index is 821. The summed E-state index contributed by atoms with van der Waals surface area (Å²) in [4.78, 5) is 14.5. The summed E-state index contributed by atoms with van der Waals surface area (Å²) in [5.74, 6) is 0.938. The number of morpholine rings is 1. The minimum absolute atomic E-state index is 0.203. The standard InChI is InChI=1S/C16H15N3O4/c1-10-17-18-15(22-10)12-9-21-7-6-19(12)16(20)14-8-11-4-2-3-5-13(11)23-14/h2-5,8,12H,6-7,9H2,1H3/t12-/m0/s1. The number of rotatable bonds is 2. The van der Waals surface area contributed by atoms with E-state index in [0.29, 0.717) is 42.9 Å². The molecule has 1 aliphatic rings. The maximum absolute atomic E-state index is 12.8. The third-order valence-corrected chi connectivity index (χ3v) is 3.85. The molecule has 3 aromatic rings. The van der Waals surface area contributed by atoms with Crippen LogP contribution < -0.4 is 0 Å². The molecule has 1 aromatic carbocycles. The van der Waals surface area contributed by atoms with Crippen LogP contribution >= 0.6 is 0 Å². The van der Waals surface area contributed by atoms with Crippen LogP contribution in [-0.4, -0.2) is 40.8 Å². The lowest BCUT2D eigenvalue weighted by molar-refractivity contribution is -0.0120. The summed E-state index contributed by atoms with van der Waals surface area (Å²) in [7, 11) is 0. The number of para-hydroxylation sites is 1. The molecular weight excluding hydrogens is 298 g/mol. The number of aryl methyl sites for hydroxylation is 1. The zero-order valence-corrected chi connectivity index (χ0v) is 12.6. The van der Waals surface area contributed by atoms with Gasteiger partial charge in [0.1, 0.15) is 11.6 Å². The molecule has 2 aromatic heterocycles. The van der Waals surface area contributed by atoms with E-state index >= 15 is 0 Å². The number of hydrogen-bond donors (Lipinski definition) is 0. The Kier molecular flexibility index (Phi) is 3.34. The van der Waals surface area contributed by atoms with Crippen LogP contribution in [0.15, 0.2) is 39.2 Å². The molecular formula is C16H15N3O4. The Balaban J connectivity index is 1.67. The average molecular weight is 313 g/mol. The predicted molar refractivity (Wildman–Crippen MR) is 79.8 cm³/mol. The van der Waals surface area contributed by atoms with Crippen LogP contribution in [0.2, 0.25) is 0 Å². The van der Waals surface area contributed by atoms with E-state index in [2.05, 4.69) is 10.2 Å². The van der Waals surface area contributed by atoms with E-state index in [1.54, 1.807) is 17.9 Å². The van der Waals surface area contributed by atoms with E-state index in [9.17, 15) is 4.79 Å². The van der Waals surface area contributed by atoms with Crippen LogP contribution in [0, 0.1) is 6.92 Å². The number of amides is 1. The molecule has 0 radical (unpaired) electrons. The molecule has 0 N–H and O–H groups in total. The van der Waals surface area contributed by atoms with E-state index in [1.165, 1.54) is 0 Å². The van der Waals surface area contributed by atoms with Crippen LogP contribution in [0.3, 0.4) is 0 Å². The minimum Gasteiger partial charge on any atom is -0.451 e. The lowest BCUT2D eigenvalue weighted by atomic mass is 10.2. The lowest BCUT2D eigenvalue weighted by Crippen LogP contribution is -2.43. The van der Waals surface area contributed by atoms with Gasteiger partial charge in [0, 0.05) is 18.9 Å². The number of aromatic nitrogens is 2. The second kappa shape index (κ2) is 5.51. The third-order valence-electron chi connectivity index (χ3n) is 3.85. The first-order valence-electron chi connectivity index (χ1n) is 7.39. The fraction of sp³-hybridized carbons (Fsp3) is 0.312. The van der Waals surface area contributed by atoms with E-state index in [0.717, 1.165) is 5.39 Å². The van der Waals surface area contributed by atoms with Crippen LogP contribution in [0.25, 0.3) is 11.0 Å². The molecule has 7 nitrogen and oxygen atoms in total. The molecule has 1 saturated heterocycles. The first-order chi connectivity index (χ1) is 11.2. The van der Waals surface area contributed by atoms with Crippen molar-refractivity contribution in [2.75, 3.05) is 19.8 Å². The van der Waals surface area contributed by atoms with Gasteiger partial charge in [-0.05, 0) is 12.1 Å². The zero-order chi connectivity index (χ0) is 15.8. The molecule has 4 rings (SSSR count). The summed E-state index contributed by atoms with van der Waals surface area (Å²) in [6.07, 6.45) is 0. The van der Waals surface area contributed by atoms with Crippen molar-refractivity contribution in [2.45, 2.75) is 13.0 Å². The highest BCUT2D eigenvalue weighted by Crippen LogP contribution is 2.27. The summed E-state index contributed by atoms with van der Waals surface area (Å²) >= 11 is 0. The maximum Gasteiger partial charge on any atom is 0.290 e. The van der Waals surface area contributed by atoms with Crippen molar-refractivity contribution in [1.82, 2.24) is 15.1 Å². The van der Waals surface area contributed by atoms with Crippen molar-refractivity contribution in [3.8, 4) is 0 Å². The molecule has 0 unspecified atom stereocenters. The predicted octanol–water partition coefficient (Wildman–Crippen LogP) is 2.34. The molecule has 0 spiro atoms. The average Bonchev–Trinajstić information content (AvgIpc) is 3.20. The highest BCUT2D eigenvalue weighted by Gasteiger charge is 2.34. The number of furan rings is 1. The van der Waals surface area contributed by atoms with Crippen molar-refractivity contribution < 1.29 is 18.4 Å². The number of fused-ring (bicyclic) bond motifs is 1. The van der Waals surface area contributed by atoms with E-state index < -0.39 is 6.04 Å². The monoisotopic (exact) mass is 313 g/mol. The lowest BCUT2D eigenvalue weighted by Gasteiger charge is -2.32. The van der Waals surface area contributed by atoms with Crippen molar-refractivity contribution in [3.63, 3.8) is 0 Å². The topological polar surface area (TPSA) is 81.6 Å². The summed E-state index contributed by atoms with van der Waals surface area (Å²) < 4.78 is 16.6. The quantitative estimate of drug-likeness (QED) is 0.722. The van der Waals surface area contributed by atoms with Crippen LogP contribution in [0.5, 0.6) is 0 Å². The number of benzene rings is 1. The number of hydrogen-bond acceptors (Lipinski definition) is 6. The minimum atomic E-state index is -0.398. The van der Waals surface area contributed by atoms with Gasteiger partial charge >= 0.3 is 0 Å². The van der Waals surface area contributed by atoms with Crippen molar-refractivity contribution >= 4 is 16.9 Å². The van der Waals surface area contributed by atoms with Crippen LogP contribution in [-0.2, 0) is 4.74 Å². The van der Waals surface area contributed by atoms with Crippen LogP contribution in [0.1, 0.15) is 28.4 Å². The molecule has 0 bridgehead atoms. The number of nitrogens with zero attached hydrogens (tertiary/aromatic N) is 3. The summed E-state index contributed by atoms with van der Waals surface area (Å²) in [5.41, 5.74) is 0.689. The van der Waals surface area contributed by atoms with Gasteiger partial charge in [0.2, 0.25) is 11.8 Å². The normalized spacial score (nSPS) is 18.5. The Hall–Kier alpha value is -2.67. The van der Waals surface area contributed by atoms with Gasteiger partial charge in [0.25, 0.3) is 5.91 Å². The molecule has 118 valence electrons.